The van der Waals surface area contributed by atoms with Crippen LogP contribution in [0.15, 0.2) is 0 Å². The van der Waals surface area contributed by atoms with Gasteiger partial charge in [0.2, 0.25) is 0 Å². The van der Waals surface area contributed by atoms with E-state index in [0.717, 1.165) is 6.26 Å². The fourth-order valence-corrected chi connectivity index (χ4v) is 3.75. The smallest absolute Gasteiger partial charge is 0.748 e. The zero-order valence-corrected chi connectivity index (χ0v) is 12.2. The Kier molecular flexibility index (Phi) is 7.95. The second-order valence-electron chi connectivity index (χ2n) is 3.00. The minimum Gasteiger partial charge on any atom is -0.748 e. The number of hydrogen-bond acceptors (Lipinski definition) is 5. The summed E-state index contributed by atoms with van der Waals surface area (Å²) in [5.74, 6) is -0.577. The van der Waals surface area contributed by atoms with Crippen LogP contribution in [0.25, 0.3) is 0 Å². The largest absolute Gasteiger partial charge is 1.00 e. The first-order valence-corrected chi connectivity index (χ1v) is 7.32. The van der Waals surface area contributed by atoms with E-state index in [1.54, 1.807) is 6.92 Å². The van der Waals surface area contributed by atoms with Crippen molar-refractivity contribution < 1.29 is 50.9 Å². The first kappa shape index (κ1) is 17.3. The number of rotatable bonds is 5. The molecule has 0 aromatic carbocycles. The SMILES string of the molecule is CCCC(CS(C)(=O)=O)S(=O)(=O)[O-].[Na+]. The van der Waals surface area contributed by atoms with Gasteiger partial charge < -0.3 is 4.55 Å². The van der Waals surface area contributed by atoms with E-state index in [-0.39, 0.29) is 36.0 Å². The summed E-state index contributed by atoms with van der Waals surface area (Å²) in [4.78, 5) is 0. The summed E-state index contributed by atoms with van der Waals surface area (Å²) in [6.07, 6.45) is 1.49. The second-order valence-corrected chi connectivity index (χ2v) is 6.83. The molecule has 0 aliphatic rings. The number of hydrogen-bond donors (Lipinski definition) is 0. The Bertz CT molecular complexity index is 344. The summed E-state index contributed by atoms with van der Waals surface area (Å²) in [6, 6.07) is 0. The molecule has 0 aliphatic heterocycles. The van der Waals surface area contributed by atoms with Crippen molar-refractivity contribution in [2.75, 3.05) is 12.0 Å². The van der Waals surface area contributed by atoms with Gasteiger partial charge in [0.25, 0.3) is 0 Å². The molecule has 1 unspecified atom stereocenters. The van der Waals surface area contributed by atoms with Crippen LogP contribution in [-0.2, 0) is 20.0 Å². The normalized spacial score (nSPS) is 14.5. The molecule has 0 aromatic heterocycles. The van der Waals surface area contributed by atoms with Crippen molar-refractivity contribution in [3.8, 4) is 0 Å². The first-order valence-electron chi connectivity index (χ1n) is 3.79. The van der Waals surface area contributed by atoms with Crippen LogP contribution in [0.5, 0.6) is 0 Å². The third-order valence-corrected chi connectivity index (χ3v) is 3.95. The van der Waals surface area contributed by atoms with Gasteiger partial charge in [-0.3, -0.25) is 0 Å². The van der Waals surface area contributed by atoms with Crippen LogP contribution in [0.1, 0.15) is 19.8 Å². The predicted octanol–water partition coefficient (Wildman–Crippen LogP) is -3.25. The van der Waals surface area contributed by atoms with Crippen LogP contribution in [0, 0.1) is 0 Å². The summed E-state index contributed by atoms with van der Waals surface area (Å²) < 4.78 is 53.3. The summed E-state index contributed by atoms with van der Waals surface area (Å²) >= 11 is 0. The van der Waals surface area contributed by atoms with Crippen molar-refractivity contribution in [3.63, 3.8) is 0 Å². The molecular weight excluding hydrogens is 239 g/mol. The van der Waals surface area contributed by atoms with Gasteiger partial charge in [-0.1, -0.05) is 13.3 Å². The maximum absolute atomic E-state index is 10.8. The zero-order valence-electron chi connectivity index (χ0n) is 8.56. The molecule has 8 heteroatoms. The van der Waals surface area contributed by atoms with Gasteiger partial charge in [0.05, 0.1) is 21.1 Å². The molecule has 0 radical (unpaired) electrons. The maximum Gasteiger partial charge on any atom is 1.00 e. The quantitative estimate of drug-likeness (QED) is 0.378. The Balaban J connectivity index is 0. The second kappa shape index (κ2) is 6.44. The monoisotopic (exact) mass is 252 g/mol. The average Bonchev–Trinajstić information content (AvgIpc) is 1.81. The molecule has 0 aliphatic carbocycles. The van der Waals surface area contributed by atoms with Crippen LogP contribution in [0.3, 0.4) is 0 Å². The van der Waals surface area contributed by atoms with Gasteiger partial charge in [0.1, 0.15) is 9.84 Å². The molecule has 0 fully saturated rings. The van der Waals surface area contributed by atoms with E-state index in [9.17, 15) is 21.4 Å². The molecule has 1 atom stereocenters. The van der Waals surface area contributed by atoms with Gasteiger partial charge in [0, 0.05) is 6.26 Å². The van der Waals surface area contributed by atoms with Gasteiger partial charge in [-0.05, 0) is 6.42 Å². The predicted molar refractivity (Wildman–Crippen MR) is 48.1 cm³/mol. The Labute approximate surface area is 107 Å². The molecular formula is C6H13NaO5S2. The Morgan fingerprint density at radius 2 is 1.64 bits per heavy atom. The molecule has 0 rings (SSSR count). The van der Waals surface area contributed by atoms with Crippen molar-refractivity contribution in [2.45, 2.75) is 25.0 Å². The zero-order chi connectivity index (χ0) is 10.7. The molecule has 0 heterocycles. The van der Waals surface area contributed by atoms with Crippen molar-refractivity contribution in [2.24, 2.45) is 0 Å². The topological polar surface area (TPSA) is 91.3 Å². The van der Waals surface area contributed by atoms with E-state index in [4.69, 9.17) is 0 Å². The maximum atomic E-state index is 10.8. The van der Waals surface area contributed by atoms with Crippen molar-refractivity contribution in [1.29, 1.82) is 0 Å². The molecule has 0 bridgehead atoms. The molecule has 0 saturated carbocycles. The van der Waals surface area contributed by atoms with Crippen LogP contribution in [0.2, 0.25) is 0 Å². The van der Waals surface area contributed by atoms with Crippen LogP contribution >= 0.6 is 0 Å². The summed E-state index contributed by atoms with van der Waals surface area (Å²) in [7, 11) is -7.90. The third kappa shape index (κ3) is 8.19. The van der Waals surface area contributed by atoms with Crippen molar-refractivity contribution in [3.05, 3.63) is 0 Å². The standard InChI is InChI=1S/C6H14O5S2.Na/c1-3-4-6(13(9,10)11)5-12(2,7)8;/h6H,3-5H2,1-2H3,(H,9,10,11);/q;+1/p-1. The molecule has 0 N–H and O–H groups in total. The van der Waals surface area contributed by atoms with E-state index < -0.39 is 31.0 Å². The molecule has 5 nitrogen and oxygen atoms in total. The van der Waals surface area contributed by atoms with Crippen molar-refractivity contribution >= 4 is 20.0 Å². The van der Waals surface area contributed by atoms with Crippen LogP contribution < -0.4 is 29.6 Å². The molecule has 14 heavy (non-hydrogen) atoms. The number of sulfone groups is 1. The van der Waals surface area contributed by atoms with Gasteiger partial charge in [0.15, 0.2) is 0 Å². The average molecular weight is 252 g/mol. The van der Waals surface area contributed by atoms with Gasteiger partial charge in [-0.2, -0.15) is 0 Å². The minimum atomic E-state index is -4.49. The Morgan fingerprint density at radius 1 is 1.21 bits per heavy atom. The summed E-state index contributed by atoms with van der Waals surface area (Å²) in [6.45, 7) is 1.69. The van der Waals surface area contributed by atoms with Gasteiger partial charge in [-0.15, -0.1) is 0 Å². The molecule has 80 valence electrons. The third-order valence-electron chi connectivity index (χ3n) is 1.51. The first-order chi connectivity index (χ1) is 5.67. The summed E-state index contributed by atoms with van der Waals surface area (Å²) in [5.41, 5.74) is 0. The van der Waals surface area contributed by atoms with Crippen LogP contribution in [-0.4, -0.2) is 38.6 Å². The van der Waals surface area contributed by atoms with Crippen LogP contribution in [0.4, 0.5) is 0 Å². The molecule has 0 saturated heterocycles. The van der Waals surface area contributed by atoms with E-state index in [1.807, 2.05) is 0 Å². The van der Waals surface area contributed by atoms with E-state index in [1.165, 1.54) is 0 Å². The van der Waals surface area contributed by atoms with Gasteiger partial charge in [-0.25, -0.2) is 16.8 Å². The Morgan fingerprint density at radius 3 is 1.86 bits per heavy atom. The molecule has 0 spiro atoms. The fourth-order valence-electron chi connectivity index (χ4n) is 0.971. The summed E-state index contributed by atoms with van der Waals surface area (Å²) in [5, 5.41) is -1.30. The molecule has 0 aromatic rings. The van der Waals surface area contributed by atoms with Crippen molar-refractivity contribution in [1.82, 2.24) is 0 Å². The minimum absolute atomic E-state index is 0. The van der Waals surface area contributed by atoms with E-state index in [0.29, 0.717) is 6.42 Å². The fraction of sp³-hybridized carbons (Fsp3) is 1.00. The van der Waals surface area contributed by atoms with Gasteiger partial charge >= 0.3 is 29.6 Å². The van der Waals surface area contributed by atoms with E-state index in [2.05, 4.69) is 0 Å². The Hall–Kier alpha value is 0.860. The molecule has 0 amide bonds. The van der Waals surface area contributed by atoms with E-state index >= 15 is 0 Å².